The monoisotopic (exact) mass is 299 g/mol. The Morgan fingerprint density at radius 2 is 1.73 bits per heavy atom. The van der Waals surface area contributed by atoms with E-state index in [-0.39, 0.29) is 22.6 Å². The predicted octanol–water partition coefficient (Wildman–Crippen LogP) is 3.06. The zero-order valence-corrected chi connectivity index (χ0v) is 11.8. The minimum atomic E-state index is -0.565. The molecule has 2 aromatic carbocycles. The molecule has 2 rings (SSSR count). The molecule has 0 spiro atoms. The van der Waals surface area contributed by atoms with Gasteiger partial charge in [-0.15, -0.1) is 0 Å². The number of phenols is 1. The van der Waals surface area contributed by atoms with Crippen molar-refractivity contribution in [2.24, 2.45) is 0 Å². The van der Waals surface area contributed by atoms with Crippen molar-refractivity contribution >= 4 is 17.3 Å². The molecule has 6 nitrogen and oxygen atoms in total. The summed E-state index contributed by atoms with van der Waals surface area (Å²) in [6.45, 7) is 1.77. The van der Waals surface area contributed by atoms with Gasteiger partial charge in [0.1, 0.15) is 5.75 Å². The van der Waals surface area contributed by atoms with Crippen LogP contribution in [0.3, 0.4) is 0 Å². The van der Waals surface area contributed by atoms with Crippen molar-refractivity contribution in [1.82, 2.24) is 0 Å². The van der Waals surface area contributed by atoms with Crippen LogP contribution in [-0.2, 0) is 0 Å². The molecule has 0 aliphatic heterocycles. The fraction of sp³-hybridized carbons (Fsp3) is 0.125. The Balaban J connectivity index is 2.16. The molecule has 0 aromatic heterocycles. The highest BCUT2D eigenvalue weighted by molar-refractivity contribution is 6.14. The number of rotatable bonds is 5. The van der Waals surface area contributed by atoms with Crippen molar-refractivity contribution in [3.05, 3.63) is 69.3 Å². The lowest BCUT2D eigenvalue weighted by Gasteiger charge is -2.05. The zero-order valence-electron chi connectivity index (χ0n) is 11.8. The van der Waals surface area contributed by atoms with Gasteiger partial charge in [0.2, 0.25) is 0 Å². The molecule has 22 heavy (non-hydrogen) atoms. The van der Waals surface area contributed by atoms with Crippen molar-refractivity contribution < 1.29 is 19.6 Å². The topological polar surface area (TPSA) is 97.5 Å². The lowest BCUT2D eigenvalue weighted by Crippen LogP contribution is -2.09. The number of carbonyl (C=O) groups is 2. The molecule has 0 amide bonds. The fourth-order valence-electron chi connectivity index (χ4n) is 1.99. The molecule has 0 atom stereocenters. The van der Waals surface area contributed by atoms with Gasteiger partial charge in [-0.25, -0.2) is 0 Å². The first-order chi connectivity index (χ1) is 10.4. The van der Waals surface area contributed by atoms with Crippen LogP contribution in [0.25, 0.3) is 0 Å². The number of aromatic hydroxyl groups is 1. The number of nitrogens with zero attached hydrogens (tertiary/aromatic N) is 1. The first-order valence-corrected chi connectivity index (χ1v) is 6.49. The lowest BCUT2D eigenvalue weighted by atomic mass is 9.99. The Kier molecular flexibility index (Phi) is 4.31. The van der Waals surface area contributed by atoms with E-state index >= 15 is 0 Å². The Morgan fingerprint density at radius 3 is 2.32 bits per heavy atom. The summed E-state index contributed by atoms with van der Waals surface area (Å²) in [7, 11) is 0. The van der Waals surface area contributed by atoms with Crippen LogP contribution in [0.4, 0.5) is 5.69 Å². The van der Waals surface area contributed by atoms with E-state index in [1.807, 2.05) is 0 Å². The van der Waals surface area contributed by atoms with E-state index in [0.717, 1.165) is 5.56 Å². The molecule has 1 N–H and O–H groups in total. The van der Waals surface area contributed by atoms with Crippen molar-refractivity contribution in [2.75, 3.05) is 0 Å². The normalized spacial score (nSPS) is 10.2. The first kappa shape index (κ1) is 15.4. The largest absolute Gasteiger partial charge is 0.507 e. The Morgan fingerprint density at radius 1 is 1.09 bits per heavy atom. The lowest BCUT2D eigenvalue weighted by molar-refractivity contribution is -0.384. The van der Waals surface area contributed by atoms with E-state index in [0.29, 0.717) is 0 Å². The van der Waals surface area contributed by atoms with Gasteiger partial charge >= 0.3 is 0 Å². The highest BCUT2D eigenvalue weighted by atomic mass is 16.6. The van der Waals surface area contributed by atoms with Crippen LogP contribution in [0.1, 0.15) is 32.7 Å². The highest BCUT2D eigenvalue weighted by Crippen LogP contribution is 2.21. The highest BCUT2D eigenvalue weighted by Gasteiger charge is 2.17. The SMILES string of the molecule is Cc1ccc(O)c(C(=O)CC(=O)c2ccc([N+](=O)[O-])cc2)c1. The number of aryl methyl sites for hydroxylation is 1. The number of ketones is 2. The second-order valence-corrected chi connectivity index (χ2v) is 4.85. The summed E-state index contributed by atoms with van der Waals surface area (Å²) in [5, 5.41) is 20.2. The summed E-state index contributed by atoms with van der Waals surface area (Å²) >= 11 is 0. The summed E-state index contributed by atoms with van der Waals surface area (Å²) in [6.07, 6.45) is -0.408. The van der Waals surface area contributed by atoms with Gasteiger partial charge < -0.3 is 5.11 Å². The van der Waals surface area contributed by atoms with Crippen LogP contribution < -0.4 is 0 Å². The third kappa shape index (κ3) is 3.35. The third-order valence-corrected chi connectivity index (χ3v) is 3.17. The zero-order chi connectivity index (χ0) is 16.3. The molecule has 0 saturated carbocycles. The second kappa shape index (κ2) is 6.17. The molecule has 0 aliphatic rings. The third-order valence-electron chi connectivity index (χ3n) is 3.17. The number of carbonyl (C=O) groups excluding carboxylic acids is 2. The van der Waals surface area contributed by atoms with Gasteiger partial charge in [0.25, 0.3) is 5.69 Å². The molecular formula is C16H13NO5. The Labute approximate surface area is 126 Å². The minimum Gasteiger partial charge on any atom is -0.507 e. The number of nitro groups is 1. The summed E-state index contributed by atoms with van der Waals surface area (Å²) < 4.78 is 0. The first-order valence-electron chi connectivity index (χ1n) is 6.49. The smallest absolute Gasteiger partial charge is 0.269 e. The molecule has 0 radical (unpaired) electrons. The molecule has 0 aliphatic carbocycles. The maximum Gasteiger partial charge on any atom is 0.269 e. The maximum absolute atomic E-state index is 12.1. The average molecular weight is 299 g/mol. The molecule has 0 fully saturated rings. The number of Topliss-reactive ketones (excluding diaryl/α,β-unsaturated/α-hetero) is 2. The second-order valence-electron chi connectivity index (χ2n) is 4.85. The number of hydrogen-bond acceptors (Lipinski definition) is 5. The van der Waals surface area contributed by atoms with Crippen LogP contribution in [0, 0.1) is 17.0 Å². The standard InChI is InChI=1S/C16H13NO5/c1-10-2-7-14(18)13(8-10)16(20)9-15(19)11-3-5-12(6-4-11)17(21)22/h2-8,18H,9H2,1H3. The van der Waals surface area contributed by atoms with Gasteiger partial charge in [0.05, 0.1) is 16.9 Å². The molecular weight excluding hydrogens is 286 g/mol. The van der Waals surface area contributed by atoms with Crippen LogP contribution >= 0.6 is 0 Å². The summed E-state index contributed by atoms with van der Waals surface area (Å²) in [4.78, 5) is 34.1. The van der Waals surface area contributed by atoms with Crippen molar-refractivity contribution in [1.29, 1.82) is 0 Å². The number of nitro benzene ring substituents is 1. The van der Waals surface area contributed by atoms with Gasteiger partial charge in [-0.3, -0.25) is 19.7 Å². The van der Waals surface area contributed by atoms with E-state index in [1.54, 1.807) is 13.0 Å². The van der Waals surface area contributed by atoms with E-state index in [2.05, 4.69) is 0 Å². The van der Waals surface area contributed by atoms with Gasteiger partial charge in [-0.1, -0.05) is 11.6 Å². The quantitative estimate of drug-likeness (QED) is 0.396. The van der Waals surface area contributed by atoms with Crippen LogP contribution in [-0.4, -0.2) is 21.6 Å². The maximum atomic E-state index is 12.1. The molecule has 112 valence electrons. The van der Waals surface area contributed by atoms with Gasteiger partial charge in [-0.2, -0.15) is 0 Å². The van der Waals surface area contributed by atoms with Crippen LogP contribution in [0.2, 0.25) is 0 Å². The summed E-state index contributed by atoms with van der Waals surface area (Å²) in [5.74, 6) is -1.13. The van der Waals surface area contributed by atoms with Gasteiger partial charge in [0, 0.05) is 17.7 Å². The number of non-ortho nitro benzene ring substituents is 1. The van der Waals surface area contributed by atoms with E-state index < -0.39 is 22.9 Å². The summed E-state index contributed by atoms with van der Waals surface area (Å²) in [5.41, 5.74) is 0.976. The molecule has 6 heteroatoms. The van der Waals surface area contributed by atoms with Crippen molar-refractivity contribution in [3.8, 4) is 5.75 Å². The Hall–Kier alpha value is -3.02. The molecule has 0 heterocycles. The van der Waals surface area contributed by atoms with Crippen LogP contribution in [0.15, 0.2) is 42.5 Å². The van der Waals surface area contributed by atoms with Gasteiger partial charge in [0.15, 0.2) is 11.6 Å². The van der Waals surface area contributed by atoms with Gasteiger partial charge in [-0.05, 0) is 31.2 Å². The molecule has 0 bridgehead atoms. The predicted molar refractivity (Wildman–Crippen MR) is 79.2 cm³/mol. The van der Waals surface area contributed by atoms with E-state index in [1.165, 1.54) is 36.4 Å². The van der Waals surface area contributed by atoms with E-state index in [4.69, 9.17) is 0 Å². The van der Waals surface area contributed by atoms with Crippen LogP contribution in [0.5, 0.6) is 5.75 Å². The number of benzene rings is 2. The molecule has 0 unspecified atom stereocenters. The number of hydrogen-bond donors (Lipinski definition) is 1. The van der Waals surface area contributed by atoms with E-state index in [9.17, 15) is 24.8 Å². The van der Waals surface area contributed by atoms with Crippen molar-refractivity contribution in [2.45, 2.75) is 13.3 Å². The minimum absolute atomic E-state index is 0.0928. The molecule has 0 saturated heterocycles. The fourth-order valence-corrected chi connectivity index (χ4v) is 1.99. The Bertz CT molecular complexity index is 750. The number of phenolic OH excluding ortho intramolecular Hbond substituents is 1. The summed E-state index contributed by atoms with van der Waals surface area (Å²) in [6, 6.07) is 9.61. The average Bonchev–Trinajstić information content (AvgIpc) is 2.49. The van der Waals surface area contributed by atoms with Crippen molar-refractivity contribution in [3.63, 3.8) is 0 Å². The molecule has 2 aromatic rings.